The van der Waals surface area contributed by atoms with Gasteiger partial charge in [-0.15, -0.1) is 0 Å². The predicted octanol–water partition coefficient (Wildman–Crippen LogP) is 2.62. The maximum Gasteiger partial charge on any atom is 0.259 e. The zero-order valence-corrected chi connectivity index (χ0v) is 12.4. The summed E-state index contributed by atoms with van der Waals surface area (Å²) in [5.41, 5.74) is 0.657. The predicted molar refractivity (Wildman–Crippen MR) is 78.0 cm³/mol. The second-order valence-corrected chi connectivity index (χ2v) is 5.54. The summed E-state index contributed by atoms with van der Waals surface area (Å²) < 4.78 is 5.33. The molecule has 1 saturated heterocycles. The standard InChI is InChI=1S/C13H14Cl2N4O/c1-19-6-5-16-7-10(19)12-17-13(20-18-12)8-3-2-4-9(14)11(8)15/h2-4,10,16H,5-7H2,1H3. The summed E-state index contributed by atoms with van der Waals surface area (Å²) >= 11 is 12.2. The first-order valence-electron chi connectivity index (χ1n) is 6.36. The van der Waals surface area contributed by atoms with Crippen LogP contribution < -0.4 is 5.32 Å². The van der Waals surface area contributed by atoms with E-state index in [9.17, 15) is 0 Å². The fourth-order valence-electron chi connectivity index (χ4n) is 2.24. The molecule has 0 radical (unpaired) electrons. The van der Waals surface area contributed by atoms with E-state index in [1.807, 2.05) is 19.2 Å². The molecule has 0 bridgehead atoms. The van der Waals surface area contributed by atoms with Crippen LogP contribution in [0, 0.1) is 0 Å². The van der Waals surface area contributed by atoms with Crippen LogP contribution in [-0.4, -0.2) is 41.7 Å². The number of hydrogen-bond acceptors (Lipinski definition) is 5. The van der Waals surface area contributed by atoms with E-state index < -0.39 is 0 Å². The van der Waals surface area contributed by atoms with Crippen LogP contribution >= 0.6 is 23.2 Å². The molecule has 0 amide bonds. The van der Waals surface area contributed by atoms with E-state index in [0.29, 0.717) is 27.3 Å². The van der Waals surface area contributed by atoms with E-state index in [1.54, 1.807) is 6.07 Å². The minimum absolute atomic E-state index is 0.110. The Labute approximate surface area is 126 Å². The summed E-state index contributed by atoms with van der Waals surface area (Å²) in [5, 5.41) is 8.29. The fraction of sp³-hybridized carbons (Fsp3) is 0.385. The monoisotopic (exact) mass is 312 g/mol. The number of aromatic nitrogens is 2. The first-order chi connectivity index (χ1) is 9.66. The number of hydrogen-bond donors (Lipinski definition) is 1. The van der Waals surface area contributed by atoms with Gasteiger partial charge in [0.05, 0.1) is 21.7 Å². The van der Waals surface area contributed by atoms with Crippen molar-refractivity contribution in [3.05, 3.63) is 34.1 Å². The summed E-state index contributed by atoms with van der Waals surface area (Å²) in [6.07, 6.45) is 0. The number of benzene rings is 1. The van der Waals surface area contributed by atoms with Gasteiger partial charge in [-0.2, -0.15) is 4.98 Å². The number of nitrogens with zero attached hydrogens (tertiary/aromatic N) is 3. The highest BCUT2D eigenvalue weighted by molar-refractivity contribution is 6.43. The van der Waals surface area contributed by atoms with Crippen LogP contribution in [0.25, 0.3) is 11.5 Å². The Morgan fingerprint density at radius 1 is 1.40 bits per heavy atom. The van der Waals surface area contributed by atoms with Gasteiger partial charge in [0, 0.05) is 19.6 Å². The average molecular weight is 313 g/mol. The van der Waals surface area contributed by atoms with Crippen molar-refractivity contribution in [2.75, 3.05) is 26.7 Å². The van der Waals surface area contributed by atoms with Crippen LogP contribution in [0.4, 0.5) is 0 Å². The highest BCUT2D eigenvalue weighted by atomic mass is 35.5. The van der Waals surface area contributed by atoms with Crippen molar-refractivity contribution in [3.8, 4) is 11.5 Å². The van der Waals surface area contributed by atoms with Gasteiger partial charge in [-0.3, -0.25) is 4.90 Å². The quantitative estimate of drug-likeness (QED) is 0.924. The highest BCUT2D eigenvalue weighted by Crippen LogP contribution is 2.33. The van der Waals surface area contributed by atoms with Crippen LogP contribution in [0.2, 0.25) is 10.0 Å². The number of likely N-dealkylation sites (N-methyl/N-ethyl adjacent to an activating group) is 1. The van der Waals surface area contributed by atoms with E-state index in [1.165, 1.54) is 0 Å². The second kappa shape index (κ2) is 5.69. The molecule has 0 spiro atoms. The lowest BCUT2D eigenvalue weighted by molar-refractivity contribution is 0.190. The van der Waals surface area contributed by atoms with Crippen molar-refractivity contribution in [2.24, 2.45) is 0 Å². The van der Waals surface area contributed by atoms with Crippen molar-refractivity contribution in [1.82, 2.24) is 20.4 Å². The Bertz CT molecular complexity index is 616. The van der Waals surface area contributed by atoms with Gasteiger partial charge < -0.3 is 9.84 Å². The van der Waals surface area contributed by atoms with E-state index in [-0.39, 0.29) is 6.04 Å². The van der Waals surface area contributed by atoms with Crippen molar-refractivity contribution in [2.45, 2.75) is 6.04 Å². The van der Waals surface area contributed by atoms with Gasteiger partial charge >= 0.3 is 0 Å². The molecule has 1 unspecified atom stereocenters. The summed E-state index contributed by atoms with van der Waals surface area (Å²) in [6, 6.07) is 5.46. The van der Waals surface area contributed by atoms with E-state index in [4.69, 9.17) is 27.7 Å². The molecule has 7 heteroatoms. The molecule has 20 heavy (non-hydrogen) atoms. The Morgan fingerprint density at radius 2 is 2.25 bits per heavy atom. The Kier molecular flexibility index (Phi) is 3.94. The van der Waals surface area contributed by atoms with Crippen molar-refractivity contribution in [3.63, 3.8) is 0 Å². The molecule has 1 aromatic heterocycles. The van der Waals surface area contributed by atoms with E-state index >= 15 is 0 Å². The minimum Gasteiger partial charge on any atom is -0.334 e. The summed E-state index contributed by atoms with van der Waals surface area (Å²) in [5.74, 6) is 1.05. The molecule has 2 heterocycles. The summed E-state index contributed by atoms with van der Waals surface area (Å²) in [7, 11) is 2.05. The molecule has 3 rings (SSSR count). The average Bonchev–Trinajstić information content (AvgIpc) is 2.92. The largest absolute Gasteiger partial charge is 0.334 e. The van der Waals surface area contributed by atoms with Crippen LogP contribution in [0.15, 0.2) is 22.7 Å². The third-order valence-corrected chi connectivity index (χ3v) is 4.25. The summed E-state index contributed by atoms with van der Waals surface area (Å²) in [6.45, 7) is 2.73. The van der Waals surface area contributed by atoms with E-state index in [0.717, 1.165) is 19.6 Å². The lowest BCUT2D eigenvalue weighted by Gasteiger charge is -2.30. The zero-order chi connectivity index (χ0) is 14.1. The SMILES string of the molecule is CN1CCNCC1c1noc(-c2cccc(Cl)c2Cl)n1. The van der Waals surface area contributed by atoms with Crippen LogP contribution in [0.1, 0.15) is 11.9 Å². The first-order valence-corrected chi connectivity index (χ1v) is 7.11. The van der Waals surface area contributed by atoms with Crippen LogP contribution in [0.5, 0.6) is 0 Å². The number of piperazine rings is 1. The second-order valence-electron chi connectivity index (χ2n) is 4.76. The van der Waals surface area contributed by atoms with Crippen molar-refractivity contribution < 1.29 is 4.52 Å². The molecule has 1 fully saturated rings. The third-order valence-electron chi connectivity index (χ3n) is 3.43. The van der Waals surface area contributed by atoms with Gasteiger partial charge in [-0.1, -0.05) is 34.4 Å². The smallest absolute Gasteiger partial charge is 0.259 e. The van der Waals surface area contributed by atoms with Gasteiger partial charge in [0.25, 0.3) is 5.89 Å². The minimum atomic E-state index is 0.110. The first kappa shape index (κ1) is 13.8. The van der Waals surface area contributed by atoms with Crippen LogP contribution in [0.3, 0.4) is 0 Å². The van der Waals surface area contributed by atoms with Gasteiger partial charge in [0.2, 0.25) is 0 Å². The molecule has 1 aliphatic heterocycles. The number of nitrogens with one attached hydrogen (secondary N) is 1. The lowest BCUT2D eigenvalue weighted by Crippen LogP contribution is -2.44. The summed E-state index contributed by atoms with van der Waals surface area (Å²) in [4.78, 5) is 6.65. The maximum atomic E-state index is 6.17. The number of halogens is 2. The molecular formula is C13H14Cl2N4O. The normalized spacial score (nSPS) is 20.2. The molecule has 0 saturated carbocycles. The zero-order valence-electron chi connectivity index (χ0n) is 10.9. The Balaban J connectivity index is 1.92. The molecule has 1 aliphatic rings. The van der Waals surface area contributed by atoms with Crippen LogP contribution in [-0.2, 0) is 0 Å². The molecule has 0 aliphatic carbocycles. The van der Waals surface area contributed by atoms with Gasteiger partial charge in [-0.05, 0) is 19.2 Å². The molecule has 5 nitrogen and oxygen atoms in total. The Morgan fingerprint density at radius 3 is 3.05 bits per heavy atom. The maximum absolute atomic E-state index is 6.17. The topological polar surface area (TPSA) is 54.2 Å². The molecule has 2 aromatic rings. The number of rotatable bonds is 2. The Hall–Kier alpha value is -1.14. The molecule has 1 aromatic carbocycles. The molecule has 1 N–H and O–H groups in total. The molecule has 106 valence electrons. The van der Waals surface area contributed by atoms with Crippen molar-refractivity contribution >= 4 is 23.2 Å². The lowest BCUT2D eigenvalue weighted by atomic mass is 10.2. The third kappa shape index (κ3) is 2.54. The van der Waals surface area contributed by atoms with Gasteiger partial charge in [-0.25, -0.2) is 0 Å². The highest BCUT2D eigenvalue weighted by Gasteiger charge is 2.26. The van der Waals surface area contributed by atoms with E-state index in [2.05, 4.69) is 20.4 Å². The fourth-order valence-corrected chi connectivity index (χ4v) is 2.62. The molecular weight excluding hydrogens is 299 g/mol. The van der Waals surface area contributed by atoms with Gasteiger partial charge in [0.1, 0.15) is 0 Å². The molecule has 1 atom stereocenters. The van der Waals surface area contributed by atoms with Crippen molar-refractivity contribution in [1.29, 1.82) is 0 Å². The van der Waals surface area contributed by atoms with Gasteiger partial charge in [0.15, 0.2) is 5.82 Å².